The van der Waals surface area contributed by atoms with E-state index in [0.29, 0.717) is 28.5 Å². The third kappa shape index (κ3) is 5.84. The average molecular weight is 495 g/mol. The smallest absolute Gasteiger partial charge is 0.230 e. The highest BCUT2D eigenvalue weighted by atomic mass is 32.1. The molecule has 0 atom stereocenters. The molecule has 10 heteroatoms. The van der Waals surface area contributed by atoms with Gasteiger partial charge in [-0.15, -0.1) is 11.3 Å². The summed E-state index contributed by atoms with van der Waals surface area (Å²) >= 11 is 1.32. The van der Waals surface area contributed by atoms with Gasteiger partial charge in [-0.2, -0.15) is 0 Å². The third-order valence-corrected chi connectivity index (χ3v) is 6.82. The third-order valence-electron chi connectivity index (χ3n) is 6.06. The summed E-state index contributed by atoms with van der Waals surface area (Å²) in [5, 5.41) is 5.83. The quantitative estimate of drug-likeness (QED) is 0.389. The number of ether oxygens (including phenoxy) is 1. The molecule has 5 rings (SSSR count). The minimum Gasteiger partial charge on any atom is -0.492 e. The maximum atomic E-state index is 13.6. The molecule has 0 spiro atoms. The molecule has 2 N–H and O–H groups in total. The van der Waals surface area contributed by atoms with Crippen molar-refractivity contribution in [3.05, 3.63) is 59.5 Å². The second-order valence-electron chi connectivity index (χ2n) is 8.66. The van der Waals surface area contributed by atoms with Crippen molar-refractivity contribution in [2.75, 3.05) is 51.7 Å². The lowest BCUT2D eigenvalue weighted by molar-refractivity contribution is -0.115. The van der Waals surface area contributed by atoms with Crippen LogP contribution in [0, 0.1) is 5.82 Å². The number of nitrogens with zero attached hydrogens (tertiary/aromatic N) is 4. The summed E-state index contributed by atoms with van der Waals surface area (Å²) in [5.74, 6) is 0.195. The molecule has 0 unspecified atom stereocenters. The number of rotatable bonds is 8. The number of fused-ring (bicyclic) bond motifs is 1. The lowest BCUT2D eigenvalue weighted by Crippen LogP contribution is -2.45. The summed E-state index contributed by atoms with van der Waals surface area (Å²) in [6.07, 6.45) is 3.13. The van der Waals surface area contributed by atoms with E-state index in [9.17, 15) is 9.18 Å². The van der Waals surface area contributed by atoms with Crippen molar-refractivity contribution in [2.24, 2.45) is 0 Å². The second-order valence-corrected chi connectivity index (χ2v) is 9.51. The monoisotopic (exact) mass is 494 g/mol. The molecular weight excluding hydrogens is 467 g/mol. The molecule has 0 bridgehead atoms. The molecule has 1 fully saturated rings. The van der Waals surface area contributed by atoms with Crippen molar-refractivity contribution >= 4 is 33.4 Å². The van der Waals surface area contributed by atoms with Gasteiger partial charge in [0.1, 0.15) is 23.8 Å². The van der Waals surface area contributed by atoms with E-state index in [1.807, 2.05) is 29.6 Å². The Morgan fingerprint density at radius 1 is 1.26 bits per heavy atom. The van der Waals surface area contributed by atoms with Gasteiger partial charge < -0.3 is 19.9 Å². The lowest BCUT2D eigenvalue weighted by Gasteiger charge is -2.32. The molecule has 1 aromatic carbocycles. The first kappa shape index (κ1) is 23.4. The maximum Gasteiger partial charge on any atom is 0.230 e. The minimum absolute atomic E-state index is 0.160. The predicted octanol–water partition coefficient (Wildman–Crippen LogP) is 3.63. The number of carbonyl (C=O) groups excluding carboxylic acids is 1. The normalized spacial score (nSPS) is 14.9. The molecule has 3 aromatic heterocycles. The first-order chi connectivity index (χ1) is 17.0. The number of likely N-dealkylation sites (N-methyl/N-ethyl adjacent to an activating group) is 1. The minimum atomic E-state index is -0.410. The van der Waals surface area contributed by atoms with E-state index in [0.717, 1.165) is 49.6 Å². The van der Waals surface area contributed by atoms with Gasteiger partial charge in [0, 0.05) is 55.3 Å². The fraction of sp³-hybridized carbons (Fsp3) is 0.320. The van der Waals surface area contributed by atoms with Crippen LogP contribution >= 0.6 is 11.3 Å². The Labute approximate surface area is 206 Å². The topological polar surface area (TPSA) is 86.4 Å². The van der Waals surface area contributed by atoms with Gasteiger partial charge >= 0.3 is 0 Å². The number of amides is 1. The van der Waals surface area contributed by atoms with Crippen LogP contribution in [0.25, 0.3) is 22.3 Å². The number of thiazole rings is 1. The Balaban J connectivity index is 1.15. The summed E-state index contributed by atoms with van der Waals surface area (Å²) in [6.45, 7) is 5.81. The number of hydrogen-bond acceptors (Lipinski definition) is 7. The average Bonchev–Trinajstić information content (AvgIpc) is 3.47. The maximum absolute atomic E-state index is 13.6. The fourth-order valence-electron chi connectivity index (χ4n) is 4.10. The Bertz CT molecular complexity index is 1310. The van der Waals surface area contributed by atoms with Crippen molar-refractivity contribution in [1.29, 1.82) is 0 Å². The van der Waals surface area contributed by atoms with Crippen LogP contribution in [0.1, 0.15) is 5.56 Å². The van der Waals surface area contributed by atoms with Crippen LogP contribution in [0.4, 0.5) is 9.52 Å². The number of aromatic amines is 1. The molecular formula is C25H27FN6O2S. The van der Waals surface area contributed by atoms with Gasteiger partial charge in [0.25, 0.3) is 0 Å². The van der Waals surface area contributed by atoms with Crippen LogP contribution < -0.4 is 10.1 Å². The van der Waals surface area contributed by atoms with Crippen molar-refractivity contribution in [3.8, 4) is 17.0 Å². The summed E-state index contributed by atoms with van der Waals surface area (Å²) in [5.41, 5.74) is 2.85. The number of benzene rings is 1. The van der Waals surface area contributed by atoms with Crippen molar-refractivity contribution in [3.63, 3.8) is 0 Å². The number of H-pyrrole nitrogens is 1. The second kappa shape index (κ2) is 10.5. The van der Waals surface area contributed by atoms with Gasteiger partial charge in [0.05, 0.1) is 18.3 Å². The summed E-state index contributed by atoms with van der Waals surface area (Å²) < 4.78 is 19.6. The van der Waals surface area contributed by atoms with Crippen molar-refractivity contribution in [1.82, 2.24) is 24.8 Å². The first-order valence-corrected chi connectivity index (χ1v) is 12.4. The van der Waals surface area contributed by atoms with Crippen LogP contribution in [0.3, 0.4) is 0 Å². The first-order valence-electron chi connectivity index (χ1n) is 11.5. The molecule has 8 nitrogen and oxygen atoms in total. The molecule has 4 aromatic rings. The van der Waals surface area contributed by atoms with E-state index in [2.05, 4.69) is 37.1 Å². The van der Waals surface area contributed by atoms with E-state index in [4.69, 9.17) is 4.74 Å². The van der Waals surface area contributed by atoms with Crippen molar-refractivity contribution < 1.29 is 13.9 Å². The summed E-state index contributed by atoms with van der Waals surface area (Å²) in [4.78, 5) is 28.9. The zero-order valence-corrected chi connectivity index (χ0v) is 20.3. The van der Waals surface area contributed by atoms with Crippen LogP contribution in [0.15, 0.2) is 48.1 Å². The molecule has 1 amide bonds. The molecule has 182 valence electrons. The zero-order chi connectivity index (χ0) is 24.2. The molecule has 4 heterocycles. The van der Waals surface area contributed by atoms with Crippen molar-refractivity contribution in [2.45, 2.75) is 6.42 Å². The Kier molecular flexibility index (Phi) is 7.03. The number of aromatic nitrogens is 3. The molecule has 0 saturated carbocycles. The number of halogens is 1. The number of anilines is 1. The number of pyridine rings is 1. The highest BCUT2D eigenvalue weighted by Gasteiger charge is 2.15. The zero-order valence-electron chi connectivity index (χ0n) is 19.5. The Morgan fingerprint density at radius 3 is 2.97 bits per heavy atom. The molecule has 1 aliphatic heterocycles. The number of nitrogens with one attached hydrogen (secondary N) is 2. The van der Waals surface area contributed by atoms with Crippen LogP contribution in [0.5, 0.6) is 5.75 Å². The van der Waals surface area contributed by atoms with Gasteiger partial charge in [0.2, 0.25) is 5.91 Å². The highest BCUT2D eigenvalue weighted by molar-refractivity contribution is 7.14. The summed E-state index contributed by atoms with van der Waals surface area (Å²) in [7, 11) is 2.15. The van der Waals surface area contributed by atoms with Gasteiger partial charge in [0.15, 0.2) is 5.13 Å². The largest absolute Gasteiger partial charge is 0.492 e. The van der Waals surface area contributed by atoms with E-state index in [1.165, 1.54) is 23.6 Å². The SMILES string of the molecule is CN1CCN(CCOc2cccc(CC(=O)Nc3nc(-c4c[nH]c5ncc(F)cc45)cs3)c2)CC1. The number of piperazine rings is 1. The Morgan fingerprint density at radius 2 is 2.11 bits per heavy atom. The molecule has 0 radical (unpaired) electrons. The molecule has 1 aliphatic rings. The number of hydrogen-bond donors (Lipinski definition) is 2. The summed E-state index contributed by atoms with van der Waals surface area (Å²) in [6, 6.07) is 9.06. The fourth-order valence-corrected chi connectivity index (χ4v) is 4.83. The standard InChI is InChI=1S/C25H27FN6O2S/c1-31-5-7-32(8-6-31)9-10-34-19-4-2-3-17(11-19)12-23(33)30-25-29-22(16-35-25)21-15-28-24-20(21)13-18(26)14-27-24/h2-4,11,13-16H,5-10,12H2,1H3,(H,27,28)(H,29,30,33). The van der Waals surface area contributed by atoms with E-state index < -0.39 is 5.82 Å². The van der Waals surface area contributed by atoms with Gasteiger partial charge in [-0.3, -0.25) is 9.69 Å². The van der Waals surface area contributed by atoms with Gasteiger partial charge in [-0.1, -0.05) is 12.1 Å². The Hall–Kier alpha value is -3.34. The van der Waals surface area contributed by atoms with E-state index in [-0.39, 0.29) is 12.3 Å². The van der Waals surface area contributed by atoms with E-state index in [1.54, 1.807) is 6.20 Å². The van der Waals surface area contributed by atoms with Gasteiger partial charge in [-0.25, -0.2) is 14.4 Å². The number of carbonyl (C=O) groups is 1. The predicted molar refractivity (Wildman–Crippen MR) is 135 cm³/mol. The molecule has 35 heavy (non-hydrogen) atoms. The molecule has 1 saturated heterocycles. The highest BCUT2D eigenvalue weighted by Crippen LogP contribution is 2.30. The van der Waals surface area contributed by atoms with Crippen LogP contribution in [-0.2, 0) is 11.2 Å². The lowest BCUT2D eigenvalue weighted by atomic mass is 10.1. The van der Waals surface area contributed by atoms with Crippen LogP contribution in [-0.4, -0.2) is 77.0 Å². The van der Waals surface area contributed by atoms with Gasteiger partial charge in [-0.05, 0) is 30.8 Å². The van der Waals surface area contributed by atoms with Crippen LogP contribution in [0.2, 0.25) is 0 Å². The van der Waals surface area contributed by atoms with E-state index >= 15 is 0 Å². The molecule has 0 aliphatic carbocycles.